The molecule has 2 heteroatoms. The second-order valence-electron chi connectivity index (χ2n) is 5.91. The number of hydrogen-bond acceptors (Lipinski definition) is 1. The molecule has 0 saturated heterocycles. The maximum atomic E-state index is 14.0. The summed E-state index contributed by atoms with van der Waals surface area (Å²) in [7, 11) is 0. The first-order chi connectivity index (χ1) is 9.72. The van der Waals surface area contributed by atoms with Crippen molar-refractivity contribution in [2.45, 2.75) is 32.7 Å². The molecule has 106 valence electrons. The molecule has 0 aliphatic heterocycles. The van der Waals surface area contributed by atoms with Gasteiger partial charge in [-0.05, 0) is 48.2 Å². The Morgan fingerprint density at radius 1 is 1.15 bits per heavy atom. The van der Waals surface area contributed by atoms with Gasteiger partial charge in [-0.1, -0.05) is 44.2 Å². The number of rotatable bonds is 5. The SMILES string of the molecule is CCNC(c1ccc(F)c2ccccc12)C(C)C1CC1. The van der Waals surface area contributed by atoms with Crippen LogP contribution in [-0.2, 0) is 0 Å². The van der Waals surface area contributed by atoms with Gasteiger partial charge in [-0.2, -0.15) is 0 Å². The van der Waals surface area contributed by atoms with Gasteiger partial charge in [0, 0.05) is 11.4 Å². The fraction of sp³-hybridized carbons (Fsp3) is 0.444. The highest BCUT2D eigenvalue weighted by Crippen LogP contribution is 2.43. The lowest BCUT2D eigenvalue weighted by atomic mass is 9.87. The minimum absolute atomic E-state index is 0.126. The Morgan fingerprint density at radius 3 is 2.50 bits per heavy atom. The molecule has 0 amide bonds. The maximum Gasteiger partial charge on any atom is 0.131 e. The Bertz CT molecular complexity index is 603. The number of hydrogen-bond donors (Lipinski definition) is 1. The summed E-state index contributed by atoms with van der Waals surface area (Å²) in [6.45, 7) is 5.40. The van der Waals surface area contributed by atoms with Crippen molar-refractivity contribution in [3.8, 4) is 0 Å². The van der Waals surface area contributed by atoms with Crippen molar-refractivity contribution in [2.24, 2.45) is 11.8 Å². The summed E-state index contributed by atoms with van der Waals surface area (Å²) >= 11 is 0. The van der Waals surface area contributed by atoms with E-state index in [1.165, 1.54) is 18.4 Å². The molecule has 0 radical (unpaired) electrons. The Labute approximate surface area is 120 Å². The van der Waals surface area contributed by atoms with E-state index >= 15 is 0 Å². The molecule has 1 aliphatic rings. The molecular weight excluding hydrogens is 249 g/mol. The molecule has 2 atom stereocenters. The van der Waals surface area contributed by atoms with Crippen LogP contribution in [0.15, 0.2) is 36.4 Å². The normalized spacial score (nSPS) is 18.1. The first-order valence-electron chi connectivity index (χ1n) is 7.63. The van der Waals surface area contributed by atoms with Gasteiger partial charge in [-0.25, -0.2) is 4.39 Å². The molecule has 1 fully saturated rings. The molecule has 0 bridgehead atoms. The van der Waals surface area contributed by atoms with Gasteiger partial charge in [0.2, 0.25) is 0 Å². The summed E-state index contributed by atoms with van der Waals surface area (Å²) in [4.78, 5) is 0. The predicted octanol–water partition coefficient (Wildman–Crippen LogP) is 4.68. The number of benzene rings is 2. The first-order valence-corrected chi connectivity index (χ1v) is 7.63. The van der Waals surface area contributed by atoms with E-state index in [0.717, 1.165) is 23.2 Å². The van der Waals surface area contributed by atoms with Crippen molar-refractivity contribution >= 4 is 10.8 Å². The van der Waals surface area contributed by atoms with Crippen molar-refractivity contribution in [3.63, 3.8) is 0 Å². The van der Waals surface area contributed by atoms with Gasteiger partial charge in [0.1, 0.15) is 5.82 Å². The topological polar surface area (TPSA) is 12.0 Å². The Kier molecular flexibility index (Phi) is 3.75. The summed E-state index contributed by atoms with van der Waals surface area (Å²) in [6, 6.07) is 11.7. The van der Waals surface area contributed by atoms with Crippen LogP contribution in [0, 0.1) is 17.7 Å². The molecule has 2 aromatic carbocycles. The van der Waals surface area contributed by atoms with Crippen molar-refractivity contribution in [3.05, 3.63) is 47.8 Å². The highest BCUT2D eigenvalue weighted by molar-refractivity contribution is 5.86. The molecule has 1 aliphatic carbocycles. The number of fused-ring (bicyclic) bond motifs is 1. The zero-order chi connectivity index (χ0) is 14.1. The lowest BCUT2D eigenvalue weighted by molar-refractivity contribution is 0.357. The average Bonchev–Trinajstić information content (AvgIpc) is 3.30. The van der Waals surface area contributed by atoms with E-state index < -0.39 is 0 Å². The number of halogens is 1. The van der Waals surface area contributed by atoms with Gasteiger partial charge >= 0.3 is 0 Å². The Morgan fingerprint density at radius 2 is 1.85 bits per heavy atom. The largest absolute Gasteiger partial charge is 0.310 e. The fourth-order valence-electron chi connectivity index (χ4n) is 3.25. The second kappa shape index (κ2) is 5.53. The van der Waals surface area contributed by atoms with Crippen LogP contribution < -0.4 is 5.32 Å². The fourth-order valence-corrected chi connectivity index (χ4v) is 3.25. The monoisotopic (exact) mass is 271 g/mol. The van der Waals surface area contributed by atoms with Crippen LogP contribution in [0.2, 0.25) is 0 Å². The van der Waals surface area contributed by atoms with E-state index in [-0.39, 0.29) is 5.82 Å². The van der Waals surface area contributed by atoms with Crippen molar-refractivity contribution in [1.29, 1.82) is 0 Å². The molecular formula is C18H22FN. The molecule has 2 unspecified atom stereocenters. The summed E-state index contributed by atoms with van der Waals surface area (Å²) in [6.07, 6.45) is 2.67. The molecule has 1 saturated carbocycles. The third-order valence-electron chi connectivity index (χ3n) is 4.56. The molecule has 3 rings (SSSR count). The lowest BCUT2D eigenvalue weighted by Gasteiger charge is -2.26. The van der Waals surface area contributed by atoms with Crippen LogP contribution in [-0.4, -0.2) is 6.54 Å². The highest BCUT2D eigenvalue weighted by Gasteiger charge is 2.34. The summed E-state index contributed by atoms with van der Waals surface area (Å²) in [5.74, 6) is 1.30. The van der Waals surface area contributed by atoms with Crippen LogP contribution in [0.5, 0.6) is 0 Å². The zero-order valence-corrected chi connectivity index (χ0v) is 12.2. The minimum atomic E-state index is -0.126. The van der Waals surface area contributed by atoms with E-state index in [4.69, 9.17) is 0 Å². The molecule has 1 N–H and O–H groups in total. The van der Waals surface area contributed by atoms with Crippen molar-refractivity contribution in [1.82, 2.24) is 5.32 Å². The van der Waals surface area contributed by atoms with Crippen molar-refractivity contribution < 1.29 is 4.39 Å². The molecule has 1 nitrogen and oxygen atoms in total. The van der Waals surface area contributed by atoms with Gasteiger partial charge in [0.15, 0.2) is 0 Å². The van der Waals surface area contributed by atoms with Crippen LogP contribution in [0.25, 0.3) is 10.8 Å². The third kappa shape index (κ3) is 2.45. The maximum absolute atomic E-state index is 14.0. The van der Waals surface area contributed by atoms with Crippen molar-refractivity contribution in [2.75, 3.05) is 6.54 Å². The Hall–Kier alpha value is -1.41. The summed E-state index contributed by atoms with van der Waals surface area (Å²) in [5, 5.41) is 5.39. The molecule has 0 aromatic heterocycles. The minimum Gasteiger partial charge on any atom is -0.310 e. The lowest BCUT2D eigenvalue weighted by Crippen LogP contribution is -2.28. The quantitative estimate of drug-likeness (QED) is 0.833. The van der Waals surface area contributed by atoms with E-state index in [1.807, 2.05) is 30.3 Å². The van der Waals surface area contributed by atoms with E-state index in [0.29, 0.717) is 12.0 Å². The first kappa shape index (κ1) is 13.6. The Balaban J connectivity index is 2.08. The van der Waals surface area contributed by atoms with Gasteiger partial charge < -0.3 is 5.32 Å². The van der Waals surface area contributed by atoms with E-state index in [2.05, 4.69) is 19.2 Å². The number of nitrogens with one attached hydrogen (secondary N) is 1. The van der Waals surface area contributed by atoms with Gasteiger partial charge in [-0.3, -0.25) is 0 Å². The zero-order valence-electron chi connectivity index (χ0n) is 12.2. The smallest absolute Gasteiger partial charge is 0.131 e. The van der Waals surface area contributed by atoms with Gasteiger partial charge in [0.05, 0.1) is 0 Å². The van der Waals surface area contributed by atoms with E-state index in [9.17, 15) is 4.39 Å². The van der Waals surface area contributed by atoms with E-state index in [1.54, 1.807) is 6.07 Å². The molecule has 20 heavy (non-hydrogen) atoms. The molecule has 2 aromatic rings. The van der Waals surface area contributed by atoms with Gasteiger partial charge in [-0.15, -0.1) is 0 Å². The summed E-state index contributed by atoms with van der Waals surface area (Å²) < 4.78 is 14.0. The van der Waals surface area contributed by atoms with Crippen LogP contribution in [0.4, 0.5) is 4.39 Å². The standard InChI is InChI=1S/C18H22FN/c1-3-20-18(12(2)13-8-9-13)16-10-11-17(19)15-7-5-4-6-14(15)16/h4-7,10-13,18,20H,3,8-9H2,1-2H3. The second-order valence-corrected chi connectivity index (χ2v) is 5.91. The van der Waals surface area contributed by atoms with Gasteiger partial charge in [0.25, 0.3) is 0 Å². The van der Waals surface area contributed by atoms with Crippen LogP contribution in [0.1, 0.15) is 38.3 Å². The van der Waals surface area contributed by atoms with Crippen LogP contribution >= 0.6 is 0 Å². The predicted molar refractivity (Wildman–Crippen MR) is 82.2 cm³/mol. The molecule has 0 heterocycles. The highest BCUT2D eigenvalue weighted by atomic mass is 19.1. The van der Waals surface area contributed by atoms with Crippen LogP contribution in [0.3, 0.4) is 0 Å². The third-order valence-corrected chi connectivity index (χ3v) is 4.56. The molecule has 0 spiro atoms. The summed E-state index contributed by atoms with van der Waals surface area (Å²) in [5.41, 5.74) is 1.24. The average molecular weight is 271 g/mol.